The highest BCUT2D eigenvalue weighted by Gasteiger charge is 2.11. The second-order valence-electron chi connectivity index (χ2n) is 5.78. The van der Waals surface area contributed by atoms with Crippen molar-refractivity contribution in [2.45, 2.75) is 25.6 Å². The van der Waals surface area contributed by atoms with E-state index in [1.165, 1.54) is 18.7 Å². The summed E-state index contributed by atoms with van der Waals surface area (Å²) in [6, 6.07) is 15.2. The van der Waals surface area contributed by atoms with Crippen LogP contribution in [0.3, 0.4) is 0 Å². The molecule has 0 aliphatic heterocycles. The second-order valence-corrected chi connectivity index (χ2v) is 6.76. The molecule has 0 saturated carbocycles. The van der Waals surface area contributed by atoms with Gasteiger partial charge in [0.2, 0.25) is 5.91 Å². The fraction of sp³-hybridized carbons (Fsp3) is 0.300. The highest BCUT2D eigenvalue weighted by molar-refractivity contribution is 7.99. The first-order chi connectivity index (χ1) is 12.0. The molecule has 132 valence electrons. The average Bonchev–Trinajstić information content (AvgIpc) is 2.62. The predicted molar refractivity (Wildman–Crippen MR) is 102 cm³/mol. The average molecular weight is 357 g/mol. The minimum Gasteiger partial charge on any atom is -0.496 e. The van der Waals surface area contributed by atoms with Gasteiger partial charge in [-0.1, -0.05) is 30.3 Å². The van der Waals surface area contributed by atoms with Crippen molar-refractivity contribution >= 4 is 23.5 Å². The molecular formula is C20H23NO3S. The Kier molecular flexibility index (Phi) is 7.07. The molecule has 0 heterocycles. The summed E-state index contributed by atoms with van der Waals surface area (Å²) in [5, 5.41) is 3.00. The van der Waals surface area contributed by atoms with Crippen LogP contribution in [-0.4, -0.2) is 24.6 Å². The van der Waals surface area contributed by atoms with E-state index in [9.17, 15) is 9.59 Å². The number of rotatable bonds is 8. The van der Waals surface area contributed by atoms with Crippen molar-refractivity contribution in [2.24, 2.45) is 0 Å². The Labute approximate surface area is 153 Å². The smallest absolute Gasteiger partial charge is 0.230 e. The van der Waals surface area contributed by atoms with E-state index in [4.69, 9.17) is 4.74 Å². The van der Waals surface area contributed by atoms with Gasteiger partial charge in [0, 0.05) is 16.9 Å². The van der Waals surface area contributed by atoms with Crippen LogP contribution >= 0.6 is 11.8 Å². The molecule has 0 bridgehead atoms. The number of hydrogen-bond acceptors (Lipinski definition) is 4. The number of ether oxygens (including phenoxy) is 1. The number of carbonyl (C=O) groups excluding carboxylic acids is 2. The summed E-state index contributed by atoms with van der Waals surface area (Å²) in [6.07, 6.45) is 0. The Bertz CT molecular complexity index is 731. The molecule has 0 radical (unpaired) electrons. The van der Waals surface area contributed by atoms with Crippen LogP contribution in [0, 0.1) is 0 Å². The van der Waals surface area contributed by atoms with Gasteiger partial charge in [-0.05, 0) is 37.6 Å². The molecule has 0 spiro atoms. The number of thioether (sulfide) groups is 1. The molecular weight excluding hydrogens is 334 g/mol. The molecule has 5 heteroatoms. The molecule has 2 rings (SSSR count). The van der Waals surface area contributed by atoms with Gasteiger partial charge in [0.25, 0.3) is 0 Å². The maximum Gasteiger partial charge on any atom is 0.230 e. The number of benzene rings is 2. The Morgan fingerprint density at radius 2 is 1.88 bits per heavy atom. The molecule has 25 heavy (non-hydrogen) atoms. The van der Waals surface area contributed by atoms with Crippen LogP contribution in [0.4, 0.5) is 0 Å². The first-order valence-electron chi connectivity index (χ1n) is 8.11. The Morgan fingerprint density at radius 3 is 2.52 bits per heavy atom. The van der Waals surface area contributed by atoms with E-state index in [1.807, 2.05) is 43.3 Å². The summed E-state index contributed by atoms with van der Waals surface area (Å²) in [6.45, 7) is 3.51. The van der Waals surface area contributed by atoms with E-state index < -0.39 is 0 Å². The first-order valence-corrected chi connectivity index (χ1v) is 9.26. The van der Waals surface area contributed by atoms with Gasteiger partial charge in [-0.3, -0.25) is 9.59 Å². The lowest BCUT2D eigenvalue weighted by Crippen LogP contribution is -2.28. The number of Topliss-reactive ketones (excluding diaryl/α,β-unsaturated/α-hetero) is 1. The summed E-state index contributed by atoms with van der Waals surface area (Å²) in [5.41, 5.74) is 2.65. The van der Waals surface area contributed by atoms with Gasteiger partial charge in [0.15, 0.2) is 5.78 Å². The van der Waals surface area contributed by atoms with Crippen LogP contribution in [-0.2, 0) is 10.5 Å². The van der Waals surface area contributed by atoms with Crippen molar-refractivity contribution < 1.29 is 14.3 Å². The van der Waals surface area contributed by atoms with Gasteiger partial charge in [-0.15, -0.1) is 11.8 Å². The van der Waals surface area contributed by atoms with E-state index in [-0.39, 0.29) is 17.7 Å². The van der Waals surface area contributed by atoms with Gasteiger partial charge < -0.3 is 10.1 Å². The minimum atomic E-state index is -0.0233. The zero-order chi connectivity index (χ0) is 18.2. The van der Waals surface area contributed by atoms with Crippen molar-refractivity contribution in [3.05, 3.63) is 65.2 Å². The molecule has 1 amide bonds. The number of carbonyl (C=O) groups is 2. The molecule has 0 unspecified atom stereocenters. The van der Waals surface area contributed by atoms with Gasteiger partial charge in [-0.25, -0.2) is 0 Å². The van der Waals surface area contributed by atoms with Crippen molar-refractivity contribution in [3.8, 4) is 5.75 Å². The maximum atomic E-state index is 12.1. The van der Waals surface area contributed by atoms with E-state index >= 15 is 0 Å². The van der Waals surface area contributed by atoms with Crippen molar-refractivity contribution in [3.63, 3.8) is 0 Å². The van der Waals surface area contributed by atoms with E-state index in [0.717, 1.165) is 16.9 Å². The monoisotopic (exact) mass is 357 g/mol. The molecule has 0 fully saturated rings. The first kappa shape index (κ1) is 19.1. The van der Waals surface area contributed by atoms with Gasteiger partial charge in [0.05, 0.1) is 18.9 Å². The molecule has 0 aliphatic rings. The molecule has 0 saturated heterocycles. The predicted octanol–water partition coefficient (Wildman–Crippen LogP) is 4.01. The highest BCUT2D eigenvalue weighted by Crippen LogP contribution is 2.25. The Morgan fingerprint density at radius 1 is 1.16 bits per heavy atom. The van der Waals surface area contributed by atoms with Gasteiger partial charge >= 0.3 is 0 Å². The summed E-state index contributed by atoms with van der Waals surface area (Å²) >= 11 is 1.50. The standard InChI is InChI=1S/C20H23NO3S/c1-14(16-7-5-4-6-8-16)21-20(23)13-25-12-18-11-17(15(2)22)9-10-19(18)24-3/h4-11,14H,12-13H2,1-3H3,(H,21,23)/t14-/m0/s1. The third-order valence-corrected chi connectivity index (χ3v) is 4.84. The lowest BCUT2D eigenvalue weighted by Gasteiger charge is -2.14. The van der Waals surface area contributed by atoms with E-state index in [0.29, 0.717) is 17.1 Å². The van der Waals surface area contributed by atoms with Crippen LogP contribution in [0.1, 0.15) is 41.4 Å². The lowest BCUT2D eigenvalue weighted by atomic mass is 10.1. The highest BCUT2D eigenvalue weighted by atomic mass is 32.2. The molecule has 1 N–H and O–H groups in total. The second kappa shape index (κ2) is 9.28. The lowest BCUT2D eigenvalue weighted by molar-refractivity contribution is -0.119. The van der Waals surface area contributed by atoms with Crippen molar-refractivity contribution in [1.82, 2.24) is 5.32 Å². The molecule has 0 aliphatic carbocycles. The number of nitrogens with one attached hydrogen (secondary N) is 1. The van der Waals surface area contributed by atoms with E-state index in [2.05, 4.69) is 5.32 Å². The number of hydrogen-bond donors (Lipinski definition) is 1. The number of amides is 1. The van der Waals surface area contributed by atoms with Gasteiger partial charge in [0.1, 0.15) is 5.75 Å². The minimum absolute atomic E-state index is 0.0111. The molecule has 2 aromatic rings. The molecule has 0 aromatic heterocycles. The van der Waals surface area contributed by atoms with E-state index in [1.54, 1.807) is 19.2 Å². The molecule has 2 aromatic carbocycles. The Balaban J connectivity index is 1.88. The molecule has 4 nitrogen and oxygen atoms in total. The van der Waals surface area contributed by atoms with Crippen molar-refractivity contribution in [1.29, 1.82) is 0 Å². The van der Waals surface area contributed by atoms with Gasteiger partial charge in [-0.2, -0.15) is 0 Å². The Hall–Kier alpha value is -2.27. The van der Waals surface area contributed by atoms with Crippen molar-refractivity contribution in [2.75, 3.05) is 12.9 Å². The number of ketones is 1. The zero-order valence-corrected chi connectivity index (χ0v) is 15.6. The fourth-order valence-electron chi connectivity index (χ4n) is 2.47. The summed E-state index contributed by atoms with van der Waals surface area (Å²) in [7, 11) is 1.60. The SMILES string of the molecule is COc1ccc(C(C)=O)cc1CSCC(=O)N[C@@H](C)c1ccccc1. The fourth-order valence-corrected chi connectivity index (χ4v) is 3.29. The summed E-state index contributed by atoms with van der Waals surface area (Å²) in [5.74, 6) is 1.70. The third-order valence-electron chi connectivity index (χ3n) is 3.85. The van der Waals surface area contributed by atoms with Crippen LogP contribution in [0.15, 0.2) is 48.5 Å². The number of methoxy groups -OCH3 is 1. The topological polar surface area (TPSA) is 55.4 Å². The van der Waals surface area contributed by atoms with Crippen LogP contribution in [0.25, 0.3) is 0 Å². The maximum absolute atomic E-state index is 12.1. The molecule has 1 atom stereocenters. The summed E-state index contributed by atoms with van der Waals surface area (Å²) < 4.78 is 5.33. The normalized spacial score (nSPS) is 11.6. The third kappa shape index (κ3) is 5.64. The van der Waals surface area contributed by atoms with Crippen LogP contribution < -0.4 is 10.1 Å². The summed E-state index contributed by atoms with van der Waals surface area (Å²) in [4.78, 5) is 23.7. The quantitative estimate of drug-likeness (QED) is 0.725. The zero-order valence-electron chi connectivity index (χ0n) is 14.7. The van der Waals surface area contributed by atoms with Crippen LogP contribution in [0.5, 0.6) is 5.75 Å². The van der Waals surface area contributed by atoms with Crippen LogP contribution in [0.2, 0.25) is 0 Å². The largest absolute Gasteiger partial charge is 0.496 e.